The summed E-state index contributed by atoms with van der Waals surface area (Å²) in [6, 6.07) is 11.1. The third-order valence-corrected chi connectivity index (χ3v) is 5.56. The minimum atomic E-state index is -0.348. The van der Waals surface area contributed by atoms with Gasteiger partial charge in [0, 0.05) is 48.5 Å². The van der Waals surface area contributed by atoms with Crippen molar-refractivity contribution in [3.05, 3.63) is 76.6 Å². The molecular formula is C24H23ClFN3O3. The molecule has 8 heteroatoms. The van der Waals surface area contributed by atoms with Crippen molar-refractivity contribution in [3.8, 4) is 5.75 Å². The van der Waals surface area contributed by atoms with Gasteiger partial charge in [-0.05, 0) is 54.1 Å². The molecule has 2 aliphatic heterocycles. The molecular weight excluding hydrogens is 433 g/mol. The van der Waals surface area contributed by atoms with Crippen LogP contribution < -0.4 is 10.1 Å². The normalized spacial score (nSPS) is 16.3. The molecule has 0 spiro atoms. The Labute approximate surface area is 190 Å². The summed E-state index contributed by atoms with van der Waals surface area (Å²) in [7, 11) is 0. The number of anilines is 1. The third kappa shape index (κ3) is 5.75. The largest absolute Gasteiger partial charge is 0.488 e. The maximum absolute atomic E-state index is 13.0. The van der Waals surface area contributed by atoms with Crippen molar-refractivity contribution in [2.75, 3.05) is 44.6 Å². The monoisotopic (exact) mass is 455 g/mol. The van der Waals surface area contributed by atoms with E-state index in [1.54, 1.807) is 23.1 Å². The first kappa shape index (κ1) is 22.0. The molecule has 2 heterocycles. The lowest BCUT2D eigenvalue weighted by atomic mass is 10.1. The van der Waals surface area contributed by atoms with Crippen molar-refractivity contribution < 1.29 is 18.7 Å². The first-order valence-corrected chi connectivity index (χ1v) is 10.7. The lowest BCUT2D eigenvalue weighted by molar-refractivity contribution is -0.128. The highest BCUT2D eigenvalue weighted by atomic mass is 35.5. The summed E-state index contributed by atoms with van der Waals surface area (Å²) < 4.78 is 18.7. The van der Waals surface area contributed by atoms with Crippen molar-refractivity contribution in [3.63, 3.8) is 0 Å². The Balaban J connectivity index is 1.24. The van der Waals surface area contributed by atoms with Crippen LogP contribution in [0.4, 0.5) is 10.1 Å². The minimum Gasteiger partial charge on any atom is -0.488 e. The zero-order valence-electron chi connectivity index (χ0n) is 17.4. The fraction of sp³-hybridized carbons (Fsp3) is 0.250. The topological polar surface area (TPSA) is 61.9 Å². The number of carbonyl (C=O) groups is 2. The van der Waals surface area contributed by atoms with Crippen LogP contribution in [0.5, 0.6) is 5.75 Å². The molecule has 0 saturated carbocycles. The van der Waals surface area contributed by atoms with E-state index >= 15 is 0 Å². The number of hydrogen-bond acceptors (Lipinski definition) is 4. The van der Waals surface area contributed by atoms with Crippen LogP contribution in [0.2, 0.25) is 5.02 Å². The molecule has 166 valence electrons. The SMILES string of the molecule is O=C(CN1CCN(C(=O)/C=C/C2=Cc3cc(Cl)ccc3OC2)CC1)Nc1ccc(F)cc1. The smallest absolute Gasteiger partial charge is 0.246 e. The Hall–Kier alpha value is -3.16. The van der Waals surface area contributed by atoms with Crippen LogP contribution in [-0.2, 0) is 9.59 Å². The maximum atomic E-state index is 13.0. The molecule has 0 atom stereocenters. The molecule has 0 aliphatic carbocycles. The van der Waals surface area contributed by atoms with Gasteiger partial charge in [0.25, 0.3) is 0 Å². The predicted molar refractivity (Wildman–Crippen MR) is 122 cm³/mol. The number of nitrogens with zero attached hydrogens (tertiary/aromatic N) is 2. The van der Waals surface area contributed by atoms with Gasteiger partial charge in [0.05, 0.1) is 6.54 Å². The lowest BCUT2D eigenvalue weighted by Crippen LogP contribution is -2.50. The highest BCUT2D eigenvalue weighted by molar-refractivity contribution is 6.30. The van der Waals surface area contributed by atoms with Gasteiger partial charge < -0.3 is 15.0 Å². The van der Waals surface area contributed by atoms with Gasteiger partial charge in [-0.2, -0.15) is 0 Å². The second-order valence-corrected chi connectivity index (χ2v) is 8.12. The fourth-order valence-electron chi connectivity index (χ4n) is 3.61. The summed E-state index contributed by atoms with van der Waals surface area (Å²) in [6.07, 6.45) is 5.29. The van der Waals surface area contributed by atoms with Gasteiger partial charge in [-0.3, -0.25) is 14.5 Å². The van der Waals surface area contributed by atoms with Gasteiger partial charge in [0.1, 0.15) is 18.2 Å². The second-order valence-electron chi connectivity index (χ2n) is 7.68. The predicted octanol–water partition coefficient (Wildman–Crippen LogP) is 3.59. The Bertz CT molecular complexity index is 1060. The number of nitrogens with one attached hydrogen (secondary N) is 1. The Morgan fingerprint density at radius 2 is 1.84 bits per heavy atom. The maximum Gasteiger partial charge on any atom is 0.246 e. The number of piperazine rings is 1. The molecule has 2 aromatic rings. The number of carbonyl (C=O) groups excluding carboxylic acids is 2. The van der Waals surface area contributed by atoms with E-state index in [2.05, 4.69) is 5.32 Å². The van der Waals surface area contributed by atoms with Crippen LogP contribution in [0.15, 0.2) is 60.2 Å². The number of amides is 2. The summed E-state index contributed by atoms with van der Waals surface area (Å²) >= 11 is 6.04. The van der Waals surface area contributed by atoms with E-state index in [0.29, 0.717) is 43.5 Å². The first-order chi connectivity index (χ1) is 15.5. The van der Waals surface area contributed by atoms with Crippen molar-refractivity contribution in [2.24, 2.45) is 0 Å². The molecule has 0 bridgehead atoms. The van der Waals surface area contributed by atoms with Crippen molar-refractivity contribution in [1.29, 1.82) is 0 Å². The zero-order chi connectivity index (χ0) is 22.5. The summed E-state index contributed by atoms with van der Waals surface area (Å²) in [4.78, 5) is 28.5. The number of benzene rings is 2. The van der Waals surface area contributed by atoms with Gasteiger partial charge in [-0.15, -0.1) is 0 Å². The number of hydrogen-bond donors (Lipinski definition) is 1. The van der Waals surface area contributed by atoms with E-state index in [0.717, 1.165) is 16.9 Å². The Kier molecular flexibility index (Phi) is 6.87. The van der Waals surface area contributed by atoms with Gasteiger partial charge in [0.15, 0.2) is 0 Å². The third-order valence-electron chi connectivity index (χ3n) is 5.33. The van der Waals surface area contributed by atoms with Crippen LogP contribution in [0.25, 0.3) is 6.08 Å². The summed E-state index contributed by atoms with van der Waals surface area (Å²) in [5.41, 5.74) is 2.34. The summed E-state index contributed by atoms with van der Waals surface area (Å²) in [5.74, 6) is 0.191. The van der Waals surface area contributed by atoms with Crippen LogP contribution in [0.3, 0.4) is 0 Å². The molecule has 0 aromatic heterocycles. The molecule has 4 rings (SSSR count). The quantitative estimate of drug-likeness (QED) is 0.700. The van der Waals surface area contributed by atoms with E-state index in [4.69, 9.17) is 16.3 Å². The minimum absolute atomic E-state index is 0.0711. The van der Waals surface area contributed by atoms with Gasteiger partial charge >= 0.3 is 0 Å². The number of fused-ring (bicyclic) bond motifs is 1. The number of rotatable bonds is 5. The first-order valence-electron chi connectivity index (χ1n) is 10.3. The van der Waals surface area contributed by atoms with E-state index < -0.39 is 0 Å². The average Bonchev–Trinajstić information content (AvgIpc) is 2.79. The zero-order valence-corrected chi connectivity index (χ0v) is 18.1. The highest BCUT2D eigenvalue weighted by Crippen LogP contribution is 2.29. The Morgan fingerprint density at radius 1 is 1.09 bits per heavy atom. The average molecular weight is 456 g/mol. The molecule has 1 fully saturated rings. The fourth-order valence-corrected chi connectivity index (χ4v) is 3.79. The second kappa shape index (κ2) is 9.97. The number of halogens is 2. The highest BCUT2D eigenvalue weighted by Gasteiger charge is 2.21. The van der Waals surface area contributed by atoms with Gasteiger partial charge in [-0.25, -0.2) is 4.39 Å². The molecule has 0 unspecified atom stereocenters. The molecule has 0 radical (unpaired) electrons. The van der Waals surface area contributed by atoms with Crippen LogP contribution in [0.1, 0.15) is 5.56 Å². The molecule has 1 N–H and O–H groups in total. The van der Waals surface area contributed by atoms with Gasteiger partial charge in [-0.1, -0.05) is 17.7 Å². The van der Waals surface area contributed by atoms with Crippen LogP contribution in [-0.4, -0.2) is 60.9 Å². The van der Waals surface area contributed by atoms with E-state index in [1.165, 1.54) is 24.3 Å². The van der Waals surface area contributed by atoms with E-state index in [1.807, 2.05) is 23.1 Å². The van der Waals surface area contributed by atoms with Crippen molar-refractivity contribution >= 4 is 35.2 Å². The molecule has 2 aliphatic rings. The summed E-state index contributed by atoms with van der Waals surface area (Å²) in [5, 5.41) is 3.39. The molecule has 6 nitrogen and oxygen atoms in total. The van der Waals surface area contributed by atoms with Crippen LogP contribution >= 0.6 is 11.6 Å². The van der Waals surface area contributed by atoms with Crippen LogP contribution in [0, 0.1) is 5.82 Å². The van der Waals surface area contributed by atoms with E-state index in [-0.39, 0.29) is 24.2 Å². The van der Waals surface area contributed by atoms with E-state index in [9.17, 15) is 14.0 Å². The number of ether oxygens (including phenoxy) is 1. The molecule has 2 amide bonds. The molecule has 1 saturated heterocycles. The van der Waals surface area contributed by atoms with Crippen molar-refractivity contribution in [2.45, 2.75) is 0 Å². The molecule has 32 heavy (non-hydrogen) atoms. The summed E-state index contributed by atoms with van der Waals surface area (Å²) in [6.45, 7) is 2.92. The molecule has 2 aromatic carbocycles. The van der Waals surface area contributed by atoms with Crippen molar-refractivity contribution in [1.82, 2.24) is 9.80 Å². The standard InChI is InChI=1S/C24H23ClFN3O3/c25-19-2-7-22-18(14-19)13-17(16-32-22)1-8-24(31)29-11-9-28(10-12-29)15-23(30)27-21-5-3-20(26)4-6-21/h1-8,13-14H,9-12,15-16H2,(H,27,30)/b8-1+. The Morgan fingerprint density at radius 3 is 2.59 bits per heavy atom. The van der Waals surface area contributed by atoms with Gasteiger partial charge in [0.2, 0.25) is 11.8 Å². The lowest BCUT2D eigenvalue weighted by Gasteiger charge is -2.33.